The van der Waals surface area contributed by atoms with Gasteiger partial charge in [0.2, 0.25) is 0 Å². The van der Waals surface area contributed by atoms with Crippen LogP contribution in [0.15, 0.2) is 55.2 Å². The molecule has 2 aromatic heterocycles. The molecule has 2 N–H and O–H groups in total. The van der Waals surface area contributed by atoms with E-state index in [1.54, 1.807) is 23.1 Å². The van der Waals surface area contributed by atoms with E-state index in [0.717, 1.165) is 17.1 Å². The Bertz CT molecular complexity index is 904. The molecule has 0 aliphatic rings. The minimum Gasteiger partial charge on any atom is -0.363 e. The summed E-state index contributed by atoms with van der Waals surface area (Å²) in [6.45, 7) is 0.238. The first kappa shape index (κ1) is 18.1. The third-order valence-electron chi connectivity index (χ3n) is 3.74. The van der Waals surface area contributed by atoms with Crippen molar-refractivity contribution in [3.8, 4) is 5.69 Å². The van der Waals surface area contributed by atoms with E-state index in [0.29, 0.717) is 5.69 Å². The number of benzene rings is 1. The summed E-state index contributed by atoms with van der Waals surface area (Å²) in [6, 6.07) is 10.8. The van der Waals surface area contributed by atoms with Crippen LogP contribution in [-0.4, -0.2) is 45.7 Å². The van der Waals surface area contributed by atoms with Gasteiger partial charge in [0.05, 0.1) is 17.6 Å². The fourth-order valence-corrected chi connectivity index (χ4v) is 2.28. The molecular formula is C18H19N7O2. The van der Waals surface area contributed by atoms with Crippen LogP contribution in [0.5, 0.6) is 0 Å². The van der Waals surface area contributed by atoms with Gasteiger partial charge in [0.1, 0.15) is 18.5 Å². The predicted molar refractivity (Wildman–Crippen MR) is 100 cm³/mol. The number of pyridine rings is 1. The van der Waals surface area contributed by atoms with Gasteiger partial charge in [-0.2, -0.15) is 5.10 Å². The Morgan fingerprint density at radius 3 is 2.44 bits per heavy atom. The highest BCUT2D eigenvalue weighted by atomic mass is 16.2. The molecule has 138 valence electrons. The van der Waals surface area contributed by atoms with Gasteiger partial charge in [-0.1, -0.05) is 12.1 Å². The van der Waals surface area contributed by atoms with Crippen LogP contribution in [0.4, 0.5) is 11.5 Å². The molecule has 2 amide bonds. The minimum absolute atomic E-state index is 0.238. The molecule has 0 radical (unpaired) electrons. The largest absolute Gasteiger partial charge is 0.363 e. The summed E-state index contributed by atoms with van der Waals surface area (Å²) in [4.78, 5) is 33.9. The van der Waals surface area contributed by atoms with Crippen molar-refractivity contribution in [1.29, 1.82) is 0 Å². The number of amides is 2. The molecule has 0 aliphatic heterocycles. The summed E-state index contributed by atoms with van der Waals surface area (Å²) in [6.07, 6.45) is 4.56. The Morgan fingerprint density at radius 1 is 1.07 bits per heavy atom. The monoisotopic (exact) mass is 365 g/mol. The van der Waals surface area contributed by atoms with Gasteiger partial charge in [-0.15, -0.1) is 0 Å². The molecule has 0 saturated heterocycles. The van der Waals surface area contributed by atoms with E-state index in [4.69, 9.17) is 0 Å². The van der Waals surface area contributed by atoms with Crippen molar-refractivity contribution < 1.29 is 9.59 Å². The highest BCUT2D eigenvalue weighted by molar-refractivity contribution is 6.39. The second-order valence-corrected chi connectivity index (χ2v) is 5.94. The topological polar surface area (TPSA) is 105 Å². The molecule has 0 atom stereocenters. The van der Waals surface area contributed by atoms with E-state index in [9.17, 15) is 9.59 Å². The Labute approximate surface area is 156 Å². The summed E-state index contributed by atoms with van der Waals surface area (Å²) in [5, 5.41) is 9.15. The van der Waals surface area contributed by atoms with Crippen molar-refractivity contribution >= 4 is 23.3 Å². The van der Waals surface area contributed by atoms with Crippen molar-refractivity contribution in [3.05, 3.63) is 60.8 Å². The van der Waals surface area contributed by atoms with Crippen molar-refractivity contribution in [3.63, 3.8) is 0 Å². The minimum atomic E-state index is -0.742. The lowest BCUT2D eigenvalue weighted by molar-refractivity contribution is -0.136. The summed E-state index contributed by atoms with van der Waals surface area (Å²) in [5.41, 5.74) is 2.17. The normalized spacial score (nSPS) is 10.3. The molecule has 9 nitrogen and oxygen atoms in total. The van der Waals surface area contributed by atoms with Crippen LogP contribution < -0.4 is 15.5 Å². The highest BCUT2D eigenvalue weighted by Crippen LogP contribution is 2.11. The van der Waals surface area contributed by atoms with Gasteiger partial charge in [-0.05, 0) is 29.8 Å². The molecule has 3 aromatic rings. The number of rotatable bonds is 5. The first-order chi connectivity index (χ1) is 13.0. The number of hydrogen-bond acceptors (Lipinski definition) is 6. The number of nitrogens with zero attached hydrogens (tertiary/aromatic N) is 5. The highest BCUT2D eigenvalue weighted by Gasteiger charge is 2.13. The number of hydrogen-bond donors (Lipinski definition) is 2. The fraction of sp³-hybridized carbons (Fsp3) is 0.167. The van der Waals surface area contributed by atoms with E-state index in [2.05, 4.69) is 25.7 Å². The maximum atomic E-state index is 12.0. The molecular weight excluding hydrogens is 346 g/mol. The van der Waals surface area contributed by atoms with Gasteiger partial charge in [0, 0.05) is 20.6 Å². The van der Waals surface area contributed by atoms with Crippen LogP contribution in [0.3, 0.4) is 0 Å². The Hall–Kier alpha value is -3.75. The smallest absolute Gasteiger partial charge is 0.313 e. The van der Waals surface area contributed by atoms with Gasteiger partial charge in [-0.3, -0.25) is 9.59 Å². The number of carbonyl (C=O) groups is 2. The van der Waals surface area contributed by atoms with E-state index >= 15 is 0 Å². The van der Waals surface area contributed by atoms with E-state index < -0.39 is 11.8 Å². The van der Waals surface area contributed by atoms with Crippen molar-refractivity contribution in [2.45, 2.75) is 6.54 Å². The summed E-state index contributed by atoms with van der Waals surface area (Å²) >= 11 is 0. The number of nitrogens with one attached hydrogen (secondary N) is 2. The zero-order chi connectivity index (χ0) is 19.2. The summed E-state index contributed by atoms with van der Waals surface area (Å²) < 4.78 is 1.63. The molecule has 9 heteroatoms. The maximum Gasteiger partial charge on any atom is 0.313 e. The second kappa shape index (κ2) is 8.09. The quantitative estimate of drug-likeness (QED) is 0.653. The van der Waals surface area contributed by atoms with Crippen LogP contribution in [0.25, 0.3) is 5.69 Å². The van der Waals surface area contributed by atoms with Crippen molar-refractivity contribution in [2.75, 3.05) is 24.3 Å². The van der Waals surface area contributed by atoms with Crippen LogP contribution in [0.2, 0.25) is 0 Å². The predicted octanol–water partition coefficient (Wildman–Crippen LogP) is 0.983. The van der Waals surface area contributed by atoms with E-state index in [1.165, 1.54) is 12.5 Å². The van der Waals surface area contributed by atoms with E-state index in [-0.39, 0.29) is 6.54 Å². The standard InChI is InChI=1S/C18H19N7O2/c1-24(2)16-8-5-14(10-20-16)23-18(27)17(26)21-9-13-3-6-15(7-4-13)25-12-19-11-22-25/h3-8,10-12H,9H2,1-2H3,(H,21,26)(H,23,27). The Morgan fingerprint density at radius 2 is 1.85 bits per heavy atom. The SMILES string of the molecule is CN(C)c1ccc(NC(=O)C(=O)NCc2ccc(-n3cncn3)cc2)cn1. The first-order valence-electron chi connectivity index (χ1n) is 8.19. The zero-order valence-corrected chi connectivity index (χ0v) is 15.0. The van der Waals surface area contributed by atoms with Gasteiger partial charge in [-0.25, -0.2) is 14.6 Å². The molecule has 0 spiro atoms. The van der Waals surface area contributed by atoms with Crippen molar-refractivity contribution in [2.24, 2.45) is 0 Å². The lowest BCUT2D eigenvalue weighted by Crippen LogP contribution is -2.35. The number of carbonyl (C=O) groups excluding carboxylic acids is 2. The van der Waals surface area contributed by atoms with Crippen molar-refractivity contribution in [1.82, 2.24) is 25.1 Å². The van der Waals surface area contributed by atoms with Gasteiger partial charge in [0.15, 0.2) is 0 Å². The molecule has 0 fully saturated rings. The molecule has 0 unspecified atom stereocenters. The Balaban J connectivity index is 1.51. The van der Waals surface area contributed by atoms with E-state index in [1.807, 2.05) is 43.3 Å². The molecule has 3 rings (SSSR count). The maximum absolute atomic E-state index is 12.0. The van der Waals surface area contributed by atoms with Gasteiger partial charge < -0.3 is 15.5 Å². The third kappa shape index (κ3) is 4.66. The molecule has 0 bridgehead atoms. The average Bonchev–Trinajstić information content (AvgIpc) is 3.21. The molecule has 27 heavy (non-hydrogen) atoms. The lowest BCUT2D eigenvalue weighted by atomic mass is 10.2. The van der Waals surface area contributed by atoms with Crippen LogP contribution >= 0.6 is 0 Å². The lowest BCUT2D eigenvalue weighted by Gasteiger charge is -2.11. The zero-order valence-electron chi connectivity index (χ0n) is 15.0. The first-order valence-corrected chi connectivity index (χ1v) is 8.19. The van der Waals surface area contributed by atoms with Crippen LogP contribution in [0, 0.1) is 0 Å². The van der Waals surface area contributed by atoms with Crippen LogP contribution in [0.1, 0.15) is 5.56 Å². The molecule has 1 aromatic carbocycles. The number of anilines is 2. The molecule has 0 aliphatic carbocycles. The van der Waals surface area contributed by atoms with Gasteiger partial charge >= 0.3 is 11.8 Å². The molecule has 0 saturated carbocycles. The second-order valence-electron chi connectivity index (χ2n) is 5.94. The van der Waals surface area contributed by atoms with Gasteiger partial charge in [0.25, 0.3) is 0 Å². The van der Waals surface area contributed by atoms with Crippen LogP contribution in [-0.2, 0) is 16.1 Å². The summed E-state index contributed by atoms with van der Waals surface area (Å²) in [5.74, 6) is -0.701. The fourth-order valence-electron chi connectivity index (χ4n) is 2.28. The molecule has 2 heterocycles. The number of aromatic nitrogens is 4. The average molecular weight is 365 g/mol. The summed E-state index contributed by atoms with van der Waals surface area (Å²) in [7, 11) is 3.74. The Kier molecular flexibility index (Phi) is 5.41. The third-order valence-corrected chi connectivity index (χ3v) is 3.74.